The van der Waals surface area contributed by atoms with Crippen LogP contribution in [0.25, 0.3) is 0 Å². The highest BCUT2D eigenvalue weighted by molar-refractivity contribution is 9.10. The number of nitriles is 1. The van der Waals surface area contributed by atoms with Crippen LogP contribution in [0.2, 0.25) is 0 Å². The minimum absolute atomic E-state index is 0.0724. The van der Waals surface area contributed by atoms with Gasteiger partial charge in [0.2, 0.25) is 0 Å². The van der Waals surface area contributed by atoms with Gasteiger partial charge in [-0.15, -0.1) is 0 Å². The summed E-state index contributed by atoms with van der Waals surface area (Å²) in [4.78, 5) is 0. The Bertz CT molecular complexity index is 290. The number of halogens is 2. The number of benzene rings is 1. The van der Waals surface area contributed by atoms with Gasteiger partial charge in [-0.05, 0) is 18.2 Å². The van der Waals surface area contributed by atoms with E-state index in [1.54, 1.807) is 12.1 Å². The van der Waals surface area contributed by atoms with E-state index in [1.807, 2.05) is 0 Å². The van der Waals surface area contributed by atoms with Gasteiger partial charge in [0, 0.05) is 4.47 Å². The largest absolute Gasteiger partial charge is 0.206 e. The molecule has 0 aliphatic heterocycles. The lowest BCUT2D eigenvalue weighted by atomic mass is 10.3. The molecule has 0 atom stereocenters. The quantitative estimate of drug-likeness (QED) is 0.633. The smallest absolute Gasteiger partial charge is 0.142 e. The second kappa shape index (κ2) is 2.80. The molecule has 1 aromatic rings. The molecule has 0 heterocycles. The summed E-state index contributed by atoms with van der Waals surface area (Å²) in [5.74, 6) is -0.489. The number of hydrogen-bond donors (Lipinski definition) is 0. The van der Waals surface area contributed by atoms with Crippen LogP contribution in [-0.4, -0.2) is 0 Å². The summed E-state index contributed by atoms with van der Waals surface area (Å²) in [5.41, 5.74) is 0.0724. The Morgan fingerprint density at radius 1 is 1.50 bits per heavy atom. The van der Waals surface area contributed by atoms with E-state index in [1.165, 1.54) is 12.1 Å². The fraction of sp³-hybridized carbons (Fsp3) is 0. The van der Waals surface area contributed by atoms with Crippen molar-refractivity contribution in [1.29, 1.82) is 5.26 Å². The van der Waals surface area contributed by atoms with Gasteiger partial charge in [-0.3, -0.25) is 0 Å². The van der Waals surface area contributed by atoms with Gasteiger partial charge in [-0.25, -0.2) is 4.39 Å². The fourth-order valence-electron chi connectivity index (χ4n) is 0.580. The van der Waals surface area contributed by atoms with Gasteiger partial charge in [0.25, 0.3) is 0 Å². The van der Waals surface area contributed by atoms with E-state index in [0.29, 0.717) is 4.47 Å². The first-order valence-electron chi connectivity index (χ1n) is 2.59. The molecule has 1 rings (SSSR count). The lowest BCUT2D eigenvalue weighted by molar-refractivity contribution is 0.623. The van der Waals surface area contributed by atoms with E-state index >= 15 is 0 Å². The molecule has 0 unspecified atom stereocenters. The van der Waals surface area contributed by atoms with Gasteiger partial charge in [0.05, 0.1) is 5.56 Å². The third kappa shape index (κ3) is 1.34. The molecule has 0 radical (unpaired) electrons. The second-order valence-electron chi connectivity index (χ2n) is 1.74. The predicted molar refractivity (Wildman–Crippen MR) is 38.8 cm³/mol. The molecule has 0 fully saturated rings. The van der Waals surface area contributed by atoms with E-state index in [9.17, 15) is 4.39 Å². The maximum Gasteiger partial charge on any atom is 0.142 e. The molecule has 0 saturated carbocycles. The van der Waals surface area contributed by atoms with E-state index in [4.69, 9.17) is 5.26 Å². The van der Waals surface area contributed by atoms with Crippen molar-refractivity contribution in [2.45, 2.75) is 0 Å². The Morgan fingerprint density at radius 2 is 2.20 bits per heavy atom. The van der Waals surface area contributed by atoms with Crippen molar-refractivity contribution in [1.82, 2.24) is 0 Å². The van der Waals surface area contributed by atoms with Gasteiger partial charge >= 0.3 is 0 Å². The monoisotopic (exact) mass is 201 g/mol. The van der Waals surface area contributed by atoms with Crippen LogP contribution in [0.3, 0.4) is 0 Å². The van der Waals surface area contributed by atoms with Crippen molar-refractivity contribution in [3.05, 3.63) is 34.1 Å². The summed E-state index contributed by atoms with van der Waals surface area (Å²) >= 11 is 3.08. The number of nitrogens with zero attached hydrogens (tertiary/aromatic N) is 1. The molecule has 0 N–H and O–H groups in total. The Labute approximate surface area is 66.2 Å². The van der Waals surface area contributed by atoms with Gasteiger partial charge in [0.1, 0.15) is 11.9 Å². The van der Waals surface area contributed by atoms with Crippen molar-refractivity contribution >= 4 is 15.9 Å². The molecule has 0 aliphatic carbocycles. The van der Waals surface area contributed by atoms with Gasteiger partial charge in [-0.2, -0.15) is 5.26 Å². The van der Waals surface area contributed by atoms with Crippen LogP contribution in [0, 0.1) is 17.1 Å². The van der Waals surface area contributed by atoms with Crippen LogP contribution in [0.4, 0.5) is 4.39 Å². The molecule has 0 spiro atoms. The lowest BCUT2D eigenvalue weighted by Gasteiger charge is -1.91. The summed E-state index contributed by atoms with van der Waals surface area (Å²) in [6, 6.07) is 6.05. The highest BCUT2D eigenvalue weighted by Gasteiger charge is 1.98. The van der Waals surface area contributed by atoms with Crippen molar-refractivity contribution in [3.63, 3.8) is 0 Å². The van der Waals surface area contributed by atoms with Gasteiger partial charge in [0.15, 0.2) is 0 Å². The van der Waals surface area contributed by atoms with Crippen LogP contribution >= 0.6 is 15.9 Å². The molecule has 3 heteroatoms. The Morgan fingerprint density at radius 3 is 2.70 bits per heavy atom. The Balaban J connectivity index is 3.23. The molecule has 1 aromatic carbocycles. The van der Waals surface area contributed by atoms with Crippen LogP contribution in [0.5, 0.6) is 0 Å². The van der Waals surface area contributed by atoms with Crippen LogP contribution in [0.1, 0.15) is 5.56 Å². The SMILES string of the molecule is N#[14C]c1ccc(Br)cc1F. The third-order valence-corrected chi connectivity index (χ3v) is 1.54. The summed E-state index contributed by atoms with van der Waals surface area (Å²) in [6.07, 6.45) is 0. The van der Waals surface area contributed by atoms with Gasteiger partial charge in [-0.1, -0.05) is 15.9 Å². The third-order valence-electron chi connectivity index (χ3n) is 1.05. The minimum atomic E-state index is -0.489. The Kier molecular flexibility index (Phi) is 2.03. The average Bonchev–Trinajstić information content (AvgIpc) is 1.88. The van der Waals surface area contributed by atoms with Crippen molar-refractivity contribution in [3.8, 4) is 6.07 Å². The summed E-state index contributed by atoms with van der Waals surface area (Å²) in [6.45, 7) is 0. The standard InChI is InChI=1S/C7H3BrFN/c8-6-2-1-5(4-10)7(9)3-6/h1-3H/i4+2. The van der Waals surface area contributed by atoms with Crippen LogP contribution in [0.15, 0.2) is 22.7 Å². The first-order chi connectivity index (χ1) is 4.74. The van der Waals surface area contributed by atoms with E-state index in [-0.39, 0.29) is 5.56 Å². The molecular formula is C7H3BrFN. The zero-order valence-electron chi connectivity index (χ0n) is 4.94. The zero-order chi connectivity index (χ0) is 7.56. The molecule has 1 nitrogen and oxygen atoms in total. The first kappa shape index (κ1) is 7.23. The highest BCUT2D eigenvalue weighted by atomic mass is 79.9. The van der Waals surface area contributed by atoms with Crippen molar-refractivity contribution in [2.75, 3.05) is 0 Å². The van der Waals surface area contributed by atoms with Crippen molar-refractivity contribution in [2.24, 2.45) is 0 Å². The van der Waals surface area contributed by atoms with Crippen LogP contribution in [-0.2, 0) is 0 Å². The Hall–Kier alpha value is -0.880. The molecule has 0 bridgehead atoms. The van der Waals surface area contributed by atoms with E-state index in [0.717, 1.165) is 0 Å². The molecular weight excluding hydrogens is 199 g/mol. The number of hydrogen-bond acceptors (Lipinski definition) is 1. The van der Waals surface area contributed by atoms with E-state index < -0.39 is 5.82 Å². The summed E-state index contributed by atoms with van der Waals surface area (Å²) in [7, 11) is 0. The summed E-state index contributed by atoms with van der Waals surface area (Å²) < 4.78 is 13.2. The van der Waals surface area contributed by atoms with E-state index in [2.05, 4.69) is 15.9 Å². The normalized spacial score (nSPS) is 8.90. The topological polar surface area (TPSA) is 23.8 Å². The molecule has 0 aromatic heterocycles. The fourth-order valence-corrected chi connectivity index (χ4v) is 0.913. The molecule has 0 aliphatic rings. The molecule has 50 valence electrons. The average molecular weight is 202 g/mol. The maximum absolute atomic E-state index is 12.6. The molecule has 10 heavy (non-hydrogen) atoms. The maximum atomic E-state index is 12.6. The van der Waals surface area contributed by atoms with Crippen molar-refractivity contribution < 1.29 is 4.39 Å². The molecule has 0 amide bonds. The predicted octanol–water partition coefficient (Wildman–Crippen LogP) is 2.46. The van der Waals surface area contributed by atoms with Crippen LogP contribution < -0.4 is 0 Å². The molecule has 0 saturated heterocycles. The second-order valence-corrected chi connectivity index (χ2v) is 2.65. The minimum Gasteiger partial charge on any atom is -0.206 e. The summed E-state index contributed by atoms with van der Waals surface area (Å²) in [5, 5.41) is 8.30. The number of rotatable bonds is 0. The zero-order valence-corrected chi connectivity index (χ0v) is 6.52. The highest BCUT2D eigenvalue weighted by Crippen LogP contribution is 2.13. The van der Waals surface area contributed by atoms with Gasteiger partial charge < -0.3 is 0 Å². The lowest BCUT2D eigenvalue weighted by Crippen LogP contribution is -1.80. The first-order valence-corrected chi connectivity index (χ1v) is 3.38.